The van der Waals surface area contributed by atoms with Crippen LogP contribution in [-0.2, 0) is 0 Å². The van der Waals surface area contributed by atoms with E-state index >= 15 is 0 Å². The van der Waals surface area contributed by atoms with Crippen molar-refractivity contribution in [3.05, 3.63) is 19.2 Å². The molecule has 0 aromatic carbocycles. The fourth-order valence-corrected chi connectivity index (χ4v) is 0.250. The Kier molecular flexibility index (Phi) is 5.11. The molecule has 0 atom stereocenters. The third kappa shape index (κ3) is 5.50. The number of nitrogens with two attached hydrogens (primary N) is 1. The van der Waals surface area contributed by atoms with Crippen molar-refractivity contribution in [1.29, 1.82) is 0 Å². The molecular formula is C5H11N2. The van der Waals surface area contributed by atoms with Crippen LogP contribution < -0.4 is 11.1 Å². The van der Waals surface area contributed by atoms with Crippen LogP contribution in [0.1, 0.15) is 0 Å². The molecule has 0 amide bonds. The fraction of sp³-hybridized carbons (Fsp3) is 0.400. The molecule has 2 heteroatoms. The molecule has 0 saturated heterocycles. The minimum absolute atomic E-state index is 0.671. The van der Waals surface area contributed by atoms with Gasteiger partial charge in [0.15, 0.2) is 0 Å². The predicted molar refractivity (Wildman–Crippen MR) is 31.6 cm³/mol. The van der Waals surface area contributed by atoms with Crippen LogP contribution in [0, 0.1) is 6.92 Å². The number of hydrogen-bond acceptors (Lipinski definition) is 2. The highest BCUT2D eigenvalue weighted by Gasteiger charge is 1.68. The maximum Gasteiger partial charge on any atom is 0.0264 e. The zero-order chi connectivity index (χ0) is 5.54. The van der Waals surface area contributed by atoms with E-state index in [0.717, 1.165) is 6.54 Å². The van der Waals surface area contributed by atoms with E-state index in [1.807, 2.05) is 0 Å². The molecule has 41 valence electrons. The molecule has 0 aliphatic carbocycles. The monoisotopic (exact) mass is 99.1 g/mol. The largest absolute Gasteiger partial charge is 0.390 e. The van der Waals surface area contributed by atoms with Gasteiger partial charge < -0.3 is 11.1 Å². The van der Waals surface area contributed by atoms with Gasteiger partial charge in [0.2, 0.25) is 0 Å². The first kappa shape index (κ1) is 6.50. The SMILES string of the molecule is [CH2]C=CNCCN. The quantitative estimate of drug-likeness (QED) is 0.484. The molecule has 0 unspecified atom stereocenters. The molecule has 0 aromatic rings. The minimum Gasteiger partial charge on any atom is -0.390 e. The maximum absolute atomic E-state index is 5.15. The van der Waals surface area contributed by atoms with E-state index in [2.05, 4.69) is 12.2 Å². The number of hydrogen-bond donors (Lipinski definition) is 2. The average molecular weight is 99.2 g/mol. The zero-order valence-electron chi connectivity index (χ0n) is 4.35. The maximum atomic E-state index is 5.15. The molecule has 0 spiro atoms. The molecule has 0 rings (SSSR count). The summed E-state index contributed by atoms with van der Waals surface area (Å²) in [6.45, 7) is 4.97. The molecule has 0 heterocycles. The lowest BCUT2D eigenvalue weighted by Crippen LogP contribution is -2.16. The second-order valence-electron chi connectivity index (χ2n) is 1.15. The predicted octanol–water partition coefficient (Wildman–Crippen LogP) is -0.118. The van der Waals surface area contributed by atoms with Gasteiger partial charge in [-0.1, -0.05) is 6.08 Å². The summed E-state index contributed by atoms with van der Waals surface area (Å²) >= 11 is 0. The second kappa shape index (κ2) is 5.50. The summed E-state index contributed by atoms with van der Waals surface area (Å²) in [5.74, 6) is 0. The van der Waals surface area contributed by atoms with Crippen LogP contribution in [0.15, 0.2) is 12.3 Å². The van der Waals surface area contributed by atoms with E-state index in [-0.39, 0.29) is 0 Å². The molecule has 3 N–H and O–H groups in total. The molecule has 0 aliphatic heterocycles. The van der Waals surface area contributed by atoms with Crippen LogP contribution in [0.5, 0.6) is 0 Å². The molecule has 1 radical (unpaired) electrons. The Morgan fingerprint density at radius 2 is 2.43 bits per heavy atom. The Morgan fingerprint density at radius 3 is 2.86 bits per heavy atom. The van der Waals surface area contributed by atoms with Gasteiger partial charge in [0.1, 0.15) is 0 Å². The number of allylic oxidation sites excluding steroid dienone is 1. The minimum atomic E-state index is 0.671. The van der Waals surface area contributed by atoms with Crippen LogP contribution >= 0.6 is 0 Å². The first-order valence-corrected chi connectivity index (χ1v) is 2.29. The first-order valence-electron chi connectivity index (χ1n) is 2.29. The summed E-state index contributed by atoms with van der Waals surface area (Å²) in [6, 6.07) is 0. The van der Waals surface area contributed by atoms with Crippen LogP contribution in [0.2, 0.25) is 0 Å². The standard InChI is InChI=1S/C5H11N2/c1-2-4-7-5-3-6/h2,4,7H,1,3,5-6H2. The van der Waals surface area contributed by atoms with Gasteiger partial charge in [-0.2, -0.15) is 0 Å². The zero-order valence-corrected chi connectivity index (χ0v) is 4.35. The van der Waals surface area contributed by atoms with Gasteiger partial charge in [-0.05, 0) is 13.1 Å². The summed E-state index contributed by atoms with van der Waals surface area (Å²) in [7, 11) is 0. The fourth-order valence-electron chi connectivity index (χ4n) is 0.250. The van der Waals surface area contributed by atoms with Crippen molar-refractivity contribution >= 4 is 0 Å². The van der Waals surface area contributed by atoms with E-state index in [0.29, 0.717) is 6.54 Å². The molecule has 0 aliphatic rings. The second-order valence-corrected chi connectivity index (χ2v) is 1.15. The van der Waals surface area contributed by atoms with Crippen molar-refractivity contribution in [2.75, 3.05) is 13.1 Å². The highest BCUT2D eigenvalue weighted by Crippen LogP contribution is 1.58. The Morgan fingerprint density at radius 1 is 1.71 bits per heavy atom. The summed E-state index contributed by atoms with van der Waals surface area (Å²) in [5, 5.41) is 2.92. The van der Waals surface area contributed by atoms with E-state index in [1.165, 1.54) is 0 Å². The van der Waals surface area contributed by atoms with Crippen molar-refractivity contribution in [2.45, 2.75) is 0 Å². The van der Waals surface area contributed by atoms with Gasteiger partial charge in [-0.3, -0.25) is 0 Å². The summed E-state index contributed by atoms with van der Waals surface area (Å²) in [6.07, 6.45) is 3.46. The van der Waals surface area contributed by atoms with Gasteiger partial charge in [-0.25, -0.2) is 0 Å². The van der Waals surface area contributed by atoms with Gasteiger partial charge in [0.05, 0.1) is 0 Å². The highest BCUT2D eigenvalue weighted by molar-refractivity contribution is 4.80. The molecule has 2 nitrogen and oxygen atoms in total. The molecule has 0 bridgehead atoms. The van der Waals surface area contributed by atoms with Gasteiger partial charge in [0, 0.05) is 13.1 Å². The third-order valence-corrected chi connectivity index (χ3v) is 0.524. The molecule has 0 fully saturated rings. The van der Waals surface area contributed by atoms with Crippen LogP contribution in [0.25, 0.3) is 0 Å². The normalized spacial score (nSPS) is 10.0. The first-order chi connectivity index (χ1) is 3.41. The highest BCUT2D eigenvalue weighted by atomic mass is 14.8. The van der Waals surface area contributed by atoms with Crippen LogP contribution in [0.4, 0.5) is 0 Å². The molecule has 7 heavy (non-hydrogen) atoms. The van der Waals surface area contributed by atoms with E-state index < -0.39 is 0 Å². The number of rotatable bonds is 3. The average Bonchev–Trinajstić information content (AvgIpc) is 1.69. The molecule has 0 aromatic heterocycles. The topological polar surface area (TPSA) is 38.0 Å². The molecular weight excluding hydrogens is 88.1 g/mol. The smallest absolute Gasteiger partial charge is 0.0264 e. The van der Waals surface area contributed by atoms with Crippen LogP contribution in [0.3, 0.4) is 0 Å². The Labute approximate surface area is 44.4 Å². The summed E-state index contributed by atoms with van der Waals surface area (Å²) < 4.78 is 0. The van der Waals surface area contributed by atoms with Gasteiger partial charge >= 0.3 is 0 Å². The van der Waals surface area contributed by atoms with E-state index in [9.17, 15) is 0 Å². The van der Waals surface area contributed by atoms with Crippen molar-refractivity contribution in [2.24, 2.45) is 5.73 Å². The van der Waals surface area contributed by atoms with Crippen molar-refractivity contribution in [3.8, 4) is 0 Å². The Bertz CT molecular complexity index is 50.0. The Balaban J connectivity index is 2.69. The molecule has 0 saturated carbocycles. The summed E-state index contributed by atoms with van der Waals surface area (Å²) in [5.41, 5.74) is 5.15. The summed E-state index contributed by atoms with van der Waals surface area (Å²) in [4.78, 5) is 0. The number of nitrogens with one attached hydrogen (secondary N) is 1. The van der Waals surface area contributed by atoms with Crippen molar-refractivity contribution in [3.63, 3.8) is 0 Å². The van der Waals surface area contributed by atoms with Gasteiger partial charge in [0.25, 0.3) is 0 Å². The lowest BCUT2D eigenvalue weighted by atomic mass is 10.6. The van der Waals surface area contributed by atoms with E-state index in [1.54, 1.807) is 12.3 Å². The lowest BCUT2D eigenvalue weighted by molar-refractivity contribution is 0.842. The van der Waals surface area contributed by atoms with Crippen molar-refractivity contribution < 1.29 is 0 Å². The lowest BCUT2D eigenvalue weighted by Gasteiger charge is -1.91. The Hall–Kier alpha value is -0.500. The van der Waals surface area contributed by atoms with E-state index in [4.69, 9.17) is 5.73 Å². The van der Waals surface area contributed by atoms with Crippen molar-refractivity contribution in [1.82, 2.24) is 5.32 Å². The van der Waals surface area contributed by atoms with Crippen LogP contribution in [-0.4, -0.2) is 13.1 Å². The van der Waals surface area contributed by atoms with Gasteiger partial charge in [-0.15, -0.1) is 0 Å². The third-order valence-electron chi connectivity index (χ3n) is 0.524.